The third kappa shape index (κ3) is 3.19. The van der Waals surface area contributed by atoms with Gasteiger partial charge in [0.25, 0.3) is 0 Å². The summed E-state index contributed by atoms with van der Waals surface area (Å²) < 4.78 is 2.14. The van der Waals surface area contributed by atoms with Crippen LogP contribution in [-0.4, -0.2) is 22.1 Å². The van der Waals surface area contributed by atoms with Gasteiger partial charge in [-0.1, -0.05) is 0 Å². The molecule has 2 rings (SSSR count). The van der Waals surface area contributed by atoms with Crippen molar-refractivity contribution in [3.63, 3.8) is 0 Å². The van der Waals surface area contributed by atoms with Gasteiger partial charge in [-0.05, 0) is 32.2 Å². The number of hydrogen-bond donors (Lipinski definition) is 1. The zero-order valence-corrected chi connectivity index (χ0v) is 7.95. The minimum absolute atomic E-state index is 0.855. The lowest BCUT2D eigenvalue weighted by Crippen LogP contribution is -2.17. The van der Waals surface area contributed by atoms with E-state index >= 15 is 0 Å². The standard InChI is InChI=1S/C10H17N3/c1(5-12-10-3-4-10)2-7-13-8-6-11-9-13/h6,8-10,12H,1-5,7H2. The van der Waals surface area contributed by atoms with E-state index in [-0.39, 0.29) is 0 Å². The molecule has 1 saturated carbocycles. The predicted octanol–water partition coefficient (Wildman–Crippen LogP) is 1.42. The topological polar surface area (TPSA) is 29.9 Å². The molecule has 0 aliphatic heterocycles. The first kappa shape index (κ1) is 8.75. The molecule has 0 saturated heterocycles. The van der Waals surface area contributed by atoms with Crippen LogP contribution in [0.4, 0.5) is 0 Å². The number of nitrogens with one attached hydrogen (secondary N) is 1. The molecular weight excluding hydrogens is 162 g/mol. The fourth-order valence-corrected chi connectivity index (χ4v) is 1.43. The highest BCUT2D eigenvalue weighted by molar-refractivity contribution is 4.80. The van der Waals surface area contributed by atoms with Gasteiger partial charge in [-0.3, -0.25) is 0 Å². The third-order valence-electron chi connectivity index (χ3n) is 2.41. The summed E-state index contributed by atoms with van der Waals surface area (Å²) in [5.74, 6) is 0. The molecule has 0 unspecified atom stereocenters. The first-order valence-corrected chi connectivity index (χ1v) is 5.14. The smallest absolute Gasteiger partial charge is 0.0945 e. The van der Waals surface area contributed by atoms with Crippen LogP contribution < -0.4 is 5.32 Å². The maximum Gasteiger partial charge on any atom is 0.0945 e. The molecule has 1 aliphatic carbocycles. The van der Waals surface area contributed by atoms with E-state index in [0.29, 0.717) is 0 Å². The summed E-state index contributed by atoms with van der Waals surface area (Å²) in [5.41, 5.74) is 0. The molecule has 0 atom stereocenters. The van der Waals surface area contributed by atoms with Crippen molar-refractivity contribution in [1.29, 1.82) is 0 Å². The number of aryl methyl sites for hydroxylation is 1. The Balaban J connectivity index is 1.48. The molecule has 1 aliphatic rings. The normalized spacial score (nSPS) is 16.3. The van der Waals surface area contributed by atoms with Crippen molar-refractivity contribution < 1.29 is 0 Å². The molecule has 1 aromatic heterocycles. The highest BCUT2D eigenvalue weighted by Gasteiger charge is 2.19. The molecule has 0 bridgehead atoms. The Bertz CT molecular complexity index is 226. The average molecular weight is 179 g/mol. The molecule has 3 heteroatoms. The Labute approximate surface area is 79.2 Å². The molecule has 13 heavy (non-hydrogen) atoms. The minimum atomic E-state index is 0.855. The van der Waals surface area contributed by atoms with Crippen LogP contribution in [0.2, 0.25) is 0 Å². The van der Waals surface area contributed by atoms with Gasteiger partial charge in [-0.2, -0.15) is 0 Å². The van der Waals surface area contributed by atoms with E-state index in [0.717, 1.165) is 12.6 Å². The SMILES string of the molecule is c1cn(CCCCNC2CC2)cn1. The molecule has 0 aromatic carbocycles. The van der Waals surface area contributed by atoms with Crippen LogP contribution in [0, 0.1) is 0 Å². The molecule has 1 heterocycles. The molecule has 3 nitrogen and oxygen atoms in total. The average Bonchev–Trinajstić information content (AvgIpc) is 2.81. The summed E-state index contributed by atoms with van der Waals surface area (Å²) in [4.78, 5) is 4.01. The quantitative estimate of drug-likeness (QED) is 0.669. The number of imidazole rings is 1. The lowest BCUT2D eigenvalue weighted by molar-refractivity contribution is 0.567. The summed E-state index contributed by atoms with van der Waals surface area (Å²) in [5, 5.41) is 3.51. The van der Waals surface area contributed by atoms with Gasteiger partial charge in [0.2, 0.25) is 0 Å². The van der Waals surface area contributed by atoms with Crippen molar-refractivity contribution in [1.82, 2.24) is 14.9 Å². The summed E-state index contributed by atoms with van der Waals surface area (Å²) in [6.07, 6.45) is 11.0. The van der Waals surface area contributed by atoms with Crippen LogP contribution in [0.1, 0.15) is 25.7 Å². The Morgan fingerprint density at radius 3 is 3.00 bits per heavy atom. The van der Waals surface area contributed by atoms with Gasteiger partial charge in [0.15, 0.2) is 0 Å². The van der Waals surface area contributed by atoms with Crippen molar-refractivity contribution >= 4 is 0 Å². The second-order valence-corrected chi connectivity index (χ2v) is 3.74. The summed E-state index contributed by atoms with van der Waals surface area (Å²) in [6, 6.07) is 0.855. The number of unbranched alkanes of at least 4 members (excludes halogenated alkanes) is 1. The van der Waals surface area contributed by atoms with Gasteiger partial charge < -0.3 is 9.88 Å². The minimum Gasteiger partial charge on any atom is -0.337 e. The van der Waals surface area contributed by atoms with E-state index in [2.05, 4.69) is 14.9 Å². The number of nitrogens with zero attached hydrogens (tertiary/aromatic N) is 2. The van der Waals surface area contributed by atoms with E-state index in [9.17, 15) is 0 Å². The maximum absolute atomic E-state index is 4.01. The third-order valence-corrected chi connectivity index (χ3v) is 2.41. The van der Waals surface area contributed by atoms with Gasteiger partial charge in [0, 0.05) is 25.0 Å². The predicted molar refractivity (Wildman–Crippen MR) is 52.5 cm³/mol. The molecule has 1 fully saturated rings. The molecule has 1 aromatic rings. The number of aromatic nitrogens is 2. The molecule has 72 valence electrons. The summed E-state index contributed by atoms with van der Waals surface area (Å²) >= 11 is 0. The van der Waals surface area contributed by atoms with E-state index in [1.54, 1.807) is 0 Å². The Hall–Kier alpha value is -0.830. The Morgan fingerprint density at radius 1 is 1.38 bits per heavy atom. The molecule has 1 N–H and O–H groups in total. The van der Waals surface area contributed by atoms with E-state index in [4.69, 9.17) is 0 Å². The van der Waals surface area contributed by atoms with Crippen molar-refractivity contribution in [3.05, 3.63) is 18.7 Å². The van der Waals surface area contributed by atoms with Crippen molar-refractivity contribution in [2.45, 2.75) is 38.3 Å². The first-order chi connectivity index (χ1) is 6.45. The highest BCUT2D eigenvalue weighted by atomic mass is 15.0. The fourth-order valence-electron chi connectivity index (χ4n) is 1.43. The van der Waals surface area contributed by atoms with Crippen LogP contribution >= 0.6 is 0 Å². The van der Waals surface area contributed by atoms with Crippen LogP contribution in [0.3, 0.4) is 0 Å². The second kappa shape index (κ2) is 4.42. The van der Waals surface area contributed by atoms with Crippen molar-refractivity contribution in [3.8, 4) is 0 Å². The number of rotatable bonds is 6. The van der Waals surface area contributed by atoms with Gasteiger partial charge in [0.05, 0.1) is 6.33 Å². The van der Waals surface area contributed by atoms with E-state index < -0.39 is 0 Å². The molecular formula is C10H17N3. The first-order valence-electron chi connectivity index (χ1n) is 5.14. The highest BCUT2D eigenvalue weighted by Crippen LogP contribution is 2.18. The van der Waals surface area contributed by atoms with E-state index in [1.807, 2.05) is 18.7 Å². The number of hydrogen-bond acceptors (Lipinski definition) is 2. The van der Waals surface area contributed by atoms with Gasteiger partial charge in [-0.15, -0.1) is 0 Å². The van der Waals surface area contributed by atoms with Crippen LogP contribution in [0.5, 0.6) is 0 Å². The molecule has 0 amide bonds. The van der Waals surface area contributed by atoms with Gasteiger partial charge in [-0.25, -0.2) is 4.98 Å². The lowest BCUT2D eigenvalue weighted by Gasteiger charge is -2.03. The van der Waals surface area contributed by atoms with Crippen molar-refractivity contribution in [2.75, 3.05) is 6.54 Å². The van der Waals surface area contributed by atoms with Crippen LogP contribution in [0.15, 0.2) is 18.7 Å². The summed E-state index contributed by atoms with van der Waals surface area (Å²) in [6.45, 7) is 2.28. The van der Waals surface area contributed by atoms with Crippen molar-refractivity contribution in [2.24, 2.45) is 0 Å². The molecule has 0 spiro atoms. The fraction of sp³-hybridized carbons (Fsp3) is 0.700. The Morgan fingerprint density at radius 2 is 2.31 bits per heavy atom. The monoisotopic (exact) mass is 179 g/mol. The van der Waals surface area contributed by atoms with Crippen LogP contribution in [-0.2, 0) is 6.54 Å². The van der Waals surface area contributed by atoms with Gasteiger partial charge >= 0.3 is 0 Å². The second-order valence-electron chi connectivity index (χ2n) is 3.74. The maximum atomic E-state index is 4.01. The zero-order chi connectivity index (χ0) is 8.93. The largest absolute Gasteiger partial charge is 0.337 e. The van der Waals surface area contributed by atoms with Gasteiger partial charge in [0.1, 0.15) is 0 Å². The molecule has 0 radical (unpaired) electrons. The zero-order valence-electron chi connectivity index (χ0n) is 7.95. The lowest BCUT2D eigenvalue weighted by atomic mass is 10.3. The van der Waals surface area contributed by atoms with E-state index in [1.165, 1.54) is 32.2 Å². The Kier molecular flexibility index (Phi) is 2.98. The summed E-state index contributed by atoms with van der Waals surface area (Å²) in [7, 11) is 0. The van der Waals surface area contributed by atoms with Crippen LogP contribution in [0.25, 0.3) is 0 Å².